The Balaban J connectivity index is 1.75. The molecule has 3 aromatic rings. The molecule has 5 rings (SSSR count). The molecule has 0 radical (unpaired) electrons. The van der Waals surface area contributed by atoms with E-state index < -0.39 is 17.2 Å². The van der Waals surface area contributed by atoms with Crippen molar-refractivity contribution >= 4 is 5.91 Å². The van der Waals surface area contributed by atoms with Crippen LogP contribution in [0.15, 0.2) is 59.5 Å². The van der Waals surface area contributed by atoms with Gasteiger partial charge in [-0.2, -0.15) is 5.10 Å². The van der Waals surface area contributed by atoms with E-state index in [2.05, 4.69) is 5.10 Å². The first-order valence-corrected chi connectivity index (χ1v) is 10.5. The monoisotopic (exact) mass is 435 g/mol. The second-order valence-electron chi connectivity index (χ2n) is 8.15. The van der Waals surface area contributed by atoms with Gasteiger partial charge in [-0.25, -0.2) is 4.39 Å². The van der Waals surface area contributed by atoms with Crippen molar-refractivity contribution < 1.29 is 19.0 Å². The second kappa shape index (κ2) is 7.78. The van der Waals surface area contributed by atoms with Crippen molar-refractivity contribution in [2.24, 2.45) is 0 Å². The predicted octanol–water partition coefficient (Wildman–Crippen LogP) is 3.09. The number of ether oxygens (including phenoxy) is 1. The van der Waals surface area contributed by atoms with Gasteiger partial charge in [0.1, 0.15) is 11.6 Å². The van der Waals surface area contributed by atoms with Crippen molar-refractivity contribution in [3.63, 3.8) is 0 Å². The lowest BCUT2D eigenvalue weighted by molar-refractivity contribution is 0.0565. The highest BCUT2D eigenvalue weighted by Crippen LogP contribution is 2.45. The molecule has 1 fully saturated rings. The first kappa shape index (κ1) is 20.2. The molecule has 0 unspecified atom stereocenters. The largest absolute Gasteiger partial charge is 0.502 e. The maximum atomic E-state index is 13.7. The first-order valence-electron chi connectivity index (χ1n) is 10.5. The number of aromatic nitrogens is 2. The summed E-state index contributed by atoms with van der Waals surface area (Å²) in [5.41, 5.74) is 0.980. The van der Waals surface area contributed by atoms with Crippen molar-refractivity contribution in [1.29, 1.82) is 0 Å². The van der Waals surface area contributed by atoms with Crippen LogP contribution in [0.4, 0.5) is 4.39 Å². The molecule has 3 heterocycles. The van der Waals surface area contributed by atoms with E-state index in [-0.39, 0.29) is 29.4 Å². The molecule has 164 valence electrons. The zero-order valence-corrected chi connectivity index (χ0v) is 17.4. The van der Waals surface area contributed by atoms with Gasteiger partial charge in [-0.05, 0) is 48.2 Å². The molecule has 1 N–H and O–H groups in total. The summed E-state index contributed by atoms with van der Waals surface area (Å²) in [7, 11) is 1.59. The van der Waals surface area contributed by atoms with Gasteiger partial charge in [-0.3, -0.25) is 14.3 Å². The Labute approximate surface area is 183 Å². The minimum Gasteiger partial charge on any atom is -0.502 e. The van der Waals surface area contributed by atoms with E-state index in [1.165, 1.54) is 16.8 Å². The van der Waals surface area contributed by atoms with Crippen LogP contribution in [0.1, 0.15) is 46.4 Å². The van der Waals surface area contributed by atoms with Gasteiger partial charge in [0.25, 0.3) is 5.91 Å². The van der Waals surface area contributed by atoms with Gasteiger partial charge < -0.3 is 14.7 Å². The Morgan fingerprint density at radius 3 is 2.41 bits per heavy atom. The number of rotatable bonds is 4. The number of nitrogens with zero attached hydrogens (tertiary/aromatic N) is 3. The molecule has 8 heteroatoms. The highest BCUT2D eigenvalue weighted by molar-refractivity contribution is 5.96. The summed E-state index contributed by atoms with van der Waals surface area (Å²) in [6, 6.07) is 13.3. The normalized spacial score (nSPS) is 20.6. The molecular formula is C24H22FN3O4. The molecule has 2 aliphatic heterocycles. The van der Waals surface area contributed by atoms with Gasteiger partial charge >= 0.3 is 0 Å². The van der Waals surface area contributed by atoms with Crippen LogP contribution in [-0.4, -0.2) is 45.4 Å². The topological polar surface area (TPSA) is 84.7 Å². The molecular weight excluding hydrogens is 413 g/mol. The maximum Gasteiger partial charge on any atom is 0.276 e. The van der Waals surface area contributed by atoms with Crippen molar-refractivity contribution in [1.82, 2.24) is 14.7 Å². The van der Waals surface area contributed by atoms with Gasteiger partial charge in [0.2, 0.25) is 5.43 Å². The number of hydrogen-bond acceptors (Lipinski definition) is 5. The van der Waals surface area contributed by atoms with Crippen LogP contribution in [0, 0.1) is 5.82 Å². The first-order chi connectivity index (χ1) is 15.5. The molecule has 1 aromatic heterocycles. The number of carbonyl (C=O) groups is 1. The van der Waals surface area contributed by atoms with Crippen LogP contribution in [0.3, 0.4) is 0 Å². The number of carbonyl (C=O) groups excluding carboxylic acids is 1. The molecule has 0 spiro atoms. The van der Waals surface area contributed by atoms with Crippen LogP contribution in [-0.2, 0) is 0 Å². The van der Waals surface area contributed by atoms with Crippen LogP contribution in [0.5, 0.6) is 11.5 Å². The number of benzene rings is 2. The lowest BCUT2D eigenvalue weighted by Gasteiger charge is -2.42. The van der Waals surface area contributed by atoms with Crippen LogP contribution in [0.2, 0.25) is 0 Å². The van der Waals surface area contributed by atoms with Crippen LogP contribution in [0.25, 0.3) is 0 Å². The van der Waals surface area contributed by atoms with E-state index in [4.69, 9.17) is 4.74 Å². The van der Waals surface area contributed by atoms with Crippen molar-refractivity contribution in [2.45, 2.75) is 30.8 Å². The number of hydrogen-bond donors (Lipinski definition) is 1. The second-order valence-corrected chi connectivity index (χ2v) is 8.15. The molecule has 32 heavy (non-hydrogen) atoms. The van der Waals surface area contributed by atoms with E-state index in [1.807, 2.05) is 24.3 Å². The summed E-state index contributed by atoms with van der Waals surface area (Å²) < 4.78 is 20.5. The molecule has 2 aliphatic rings. The standard InChI is InChI=1S/C24H22FN3O4/c1-32-17-10-6-15(7-11-17)20(14-4-8-16(25)9-5-14)21-18-3-2-12-27(18)24(31)22-23(30)19(29)13-26-28(21)22/h4-11,13,18,20-21,30H,2-3,12H2,1H3/t18-,20-,21-/m1/s1. The average Bonchev–Trinajstić information content (AvgIpc) is 3.30. The van der Waals surface area contributed by atoms with Crippen LogP contribution >= 0.6 is 0 Å². The third-order valence-electron chi connectivity index (χ3n) is 6.47. The number of halogens is 1. The van der Waals surface area contributed by atoms with Gasteiger partial charge in [-0.15, -0.1) is 0 Å². The van der Waals surface area contributed by atoms with Gasteiger partial charge in [0.05, 0.1) is 25.4 Å². The SMILES string of the molecule is COc1ccc([C@@H](c2ccc(F)cc2)[C@H]2[C@H]3CCCN3C(=O)c3c(O)c(=O)cnn32)cc1. The minimum absolute atomic E-state index is 0.0960. The Morgan fingerprint density at radius 2 is 1.75 bits per heavy atom. The van der Waals surface area contributed by atoms with E-state index in [0.717, 1.165) is 30.2 Å². The summed E-state index contributed by atoms with van der Waals surface area (Å²) >= 11 is 0. The summed E-state index contributed by atoms with van der Waals surface area (Å²) in [6.45, 7) is 0.543. The quantitative estimate of drug-likeness (QED) is 0.681. The predicted molar refractivity (Wildman–Crippen MR) is 114 cm³/mol. The molecule has 0 saturated carbocycles. The van der Waals surface area contributed by atoms with E-state index in [1.54, 1.807) is 24.1 Å². The third-order valence-corrected chi connectivity index (χ3v) is 6.47. The summed E-state index contributed by atoms with van der Waals surface area (Å²) in [5.74, 6) is -0.934. The third kappa shape index (κ3) is 3.14. The summed E-state index contributed by atoms with van der Waals surface area (Å²) in [5, 5.41) is 14.8. The Kier molecular flexibility index (Phi) is 4.92. The highest BCUT2D eigenvalue weighted by atomic mass is 19.1. The number of amides is 1. The Hall–Kier alpha value is -3.68. The molecule has 3 atom stereocenters. The van der Waals surface area contributed by atoms with E-state index >= 15 is 0 Å². The van der Waals surface area contributed by atoms with Gasteiger partial charge in [0.15, 0.2) is 11.4 Å². The summed E-state index contributed by atoms with van der Waals surface area (Å²) in [6.07, 6.45) is 2.61. The lowest BCUT2D eigenvalue weighted by atomic mass is 9.80. The molecule has 7 nitrogen and oxygen atoms in total. The number of fused-ring (bicyclic) bond motifs is 2. The fourth-order valence-corrected chi connectivity index (χ4v) is 5.01. The van der Waals surface area contributed by atoms with Gasteiger partial charge in [0, 0.05) is 12.5 Å². The molecule has 0 aliphatic carbocycles. The molecule has 1 amide bonds. The summed E-state index contributed by atoms with van der Waals surface area (Å²) in [4.78, 5) is 27.0. The van der Waals surface area contributed by atoms with E-state index in [9.17, 15) is 19.1 Å². The fourth-order valence-electron chi connectivity index (χ4n) is 5.01. The van der Waals surface area contributed by atoms with Crippen molar-refractivity contribution in [2.75, 3.05) is 13.7 Å². The minimum atomic E-state index is -0.691. The fraction of sp³-hybridized carbons (Fsp3) is 0.292. The molecule has 2 aromatic carbocycles. The highest BCUT2D eigenvalue weighted by Gasteiger charge is 2.48. The van der Waals surface area contributed by atoms with Crippen LogP contribution < -0.4 is 10.2 Å². The lowest BCUT2D eigenvalue weighted by Crippen LogP contribution is -2.50. The van der Waals surface area contributed by atoms with E-state index in [0.29, 0.717) is 12.3 Å². The maximum absolute atomic E-state index is 13.7. The van der Waals surface area contributed by atoms with Gasteiger partial charge in [-0.1, -0.05) is 24.3 Å². The Morgan fingerprint density at radius 1 is 1.09 bits per heavy atom. The zero-order chi connectivity index (χ0) is 22.4. The molecule has 1 saturated heterocycles. The van der Waals surface area contributed by atoms with Crippen molar-refractivity contribution in [3.05, 3.63) is 87.6 Å². The van der Waals surface area contributed by atoms with Crippen molar-refractivity contribution in [3.8, 4) is 11.5 Å². The zero-order valence-electron chi connectivity index (χ0n) is 17.4. The number of methoxy groups -OCH3 is 1. The average molecular weight is 435 g/mol. The smallest absolute Gasteiger partial charge is 0.276 e. The molecule has 0 bridgehead atoms. The Bertz CT molecular complexity index is 1220. The number of aromatic hydroxyl groups is 1.